The number of aromatic nitrogens is 1. The molecule has 0 aliphatic rings. The fourth-order valence-electron chi connectivity index (χ4n) is 2.20. The van der Waals surface area contributed by atoms with Gasteiger partial charge >= 0.3 is 0 Å². The summed E-state index contributed by atoms with van der Waals surface area (Å²) in [5, 5.41) is 0. The van der Waals surface area contributed by atoms with E-state index in [9.17, 15) is 8.42 Å². The van der Waals surface area contributed by atoms with E-state index in [1.54, 1.807) is 44.4 Å². The van der Waals surface area contributed by atoms with E-state index < -0.39 is 10.0 Å². The number of aryl methyl sites for hydroxylation is 1. The van der Waals surface area contributed by atoms with Crippen LogP contribution in [-0.4, -0.2) is 13.4 Å². The van der Waals surface area contributed by atoms with E-state index in [0.717, 1.165) is 16.7 Å². The topological polar surface area (TPSA) is 85.1 Å². The van der Waals surface area contributed by atoms with Crippen LogP contribution in [0.25, 0.3) is 0 Å². The highest BCUT2D eigenvalue weighted by Crippen LogP contribution is 2.27. The molecule has 1 aromatic heterocycles. The summed E-state index contributed by atoms with van der Waals surface area (Å²) >= 11 is 0. The number of nitrogen functional groups attached to an aromatic ring is 1. The molecule has 5 nitrogen and oxygen atoms in total. The molecule has 3 N–H and O–H groups in total. The number of nitrogens with one attached hydrogen (secondary N) is 1. The highest BCUT2D eigenvalue weighted by molar-refractivity contribution is 7.89. The number of pyridine rings is 1. The number of sulfonamides is 1. The summed E-state index contributed by atoms with van der Waals surface area (Å²) in [6.07, 6.45) is 3.26. The molecule has 0 atom stereocenters. The molecule has 6 heteroatoms. The quantitative estimate of drug-likeness (QED) is 0.847. The lowest BCUT2D eigenvalue weighted by molar-refractivity contribution is 0.580. The highest BCUT2D eigenvalue weighted by atomic mass is 32.2. The van der Waals surface area contributed by atoms with Gasteiger partial charge in [-0.2, -0.15) is 0 Å². The zero-order chi connectivity index (χ0) is 15.6. The molecule has 0 saturated heterocycles. The number of hydrogen-bond acceptors (Lipinski definition) is 4. The van der Waals surface area contributed by atoms with Gasteiger partial charge in [0.2, 0.25) is 10.0 Å². The van der Waals surface area contributed by atoms with Crippen LogP contribution >= 0.6 is 0 Å². The Bertz CT molecular complexity index is 730. The third-order valence-corrected chi connectivity index (χ3v) is 5.24. The summed E-state index contributed by atoms with van der Waals surface area (Å²) in [5.74, 6) is 0. The van der Waals surface area contributed by atoms with Crippen molar-refractivity contribution < 1.29 is 8.42 Å². The van der Waals surface area contributed by atoms with Crippen molar-refractivity contribution >= 4 is 15.7 Å². The van der Waals surface area contributed by atoms with Crippen LogP contribution in [0.5, 0.6) is 0 Å². The van der Waals surface area contributed by atoms with Crippen molar-refractivity contribution in [2.24, 2.45) is 0 Å². The molecule has 0 amide bonds. The molecule has 2 rings (SSSR count). The van der Waals surface area contributed by atoms with Crippen LogP contribution in [0.4, 0.5) is 5.69 Å². The first kappa shape index (κ1) is 15.5. The van der Waals surface area contributed by atoms with E-state index in [0.29, 0.717) is 11.3 Å². The van der Waals surface area contributed by atoms with Gasteiger partial charge < -0.3 is 5.73 Å². The zero-order valence-electron chi connectivity index (χ0n) is 12.3. The van der Waals surface area contributed by atoms with Crippen LogP contribution in [0.3, 0.4) is 0 Å². The van der Waals surface area contributed by atoms with Gasteiger partial charge in [-0.15, -0.1) is 0 Å². The lowest BCUT2D eigenvalue weighted by Gasteiger charge is -2.16. The zero-order valence-corrected chi connectivity index (χ0v) is 13.2. The van der Waals surface area contributed by atoms with Crippen LogP contribution in [0.15, 0.2) is 35.5 Å². The Kier molecular flexibility index (Phi) is 4.29. The van der Waals surface area contributed by atoms with Crippen molar-refractivity contribution in [1.29, 1.82) is 0 Å². The van der Waals surface area contributed by atoms with Gasteiger partial charge in [-0.25, -0.2) is 13.1 Å². The number of nitrogens with zero attached hydrogens (tertiary/aromatic N) is 1. The van der Waals surface area contributed by atoms with Crippen LogP contribution in [0.1, 0.15) is 22.3 Å². The third-order valence-electron chi connectivity index (χ3n) is 3.56. The number of hydrogen-bond donors (Lipinski definition) is 2. The summed E-state index contributed by atoms with van der Waals surface area (Å²) in [6.45, 7) is 5.59. The Labute approximate surface area is 125 Å². The van der Waals surface area contributed by atoms with Gasteiger partial charge in [0, 0.05) is 24.6 Å². The fraction of sp³-hybridized carbons (Fsp3) is 0.267. The lowest BCUT2D eigenvalue weighted by atomic mass is 10.1. The van der Waals surface area contributed by atoms with E-state index in [2.05, 4.69) is 9.71 Å². The molecular weight excluding hydrogens is 286 g/mol. The smallest absolute Gasteiger partial charge is 0.241 e. The molecule has 0 spiro atoms. The molecule has 112 valence electrons. The molecular formula is C15H19N3O2S. The maximum absolute atomic E-state index is 12.6. The normalized spacial score (nSPS) is 11.6. The first-order chi connectivity index (χ1) is 9.83. The molecule has 2 aromatic rings. The van der Waals surface area contributed by atoms with E-state index in [1.807, 2.05) is 6.92 Å². The van der Waals surface area contributed by atoms with Crippen LogP contribution in [0.2, 0.25) is 0 Å². The van der Waals surface area contributed by atoms with Crippen molar-refractivity contribution in [3.05, 3.63) is 52.8 Å². The van der Waals surface area contributed by atoms with Gasteiger partial charge in [-0.1, -0.05) is 0 Å². The van der Waals surface area contributed by atoms with Crippen molar-refractivity contribution in [3.63, 3.8) is 0 Å². The average molecular weight is 305 g/mol. The summed E-state index contributed by atoms with van der Waals surface area (Å²) in [5.41, 5.74) is 9.41. The van der Waals surface area contributed by atoms with E-state index in [-0.39, 0.29) is 11.4 Å². The highest BCUT2D eigenvalue weighted by Gasteiger charge is 2.22. The summed E-state index contributed by atoms with van der Waals surface area (Å²) < 4.78 is 27.8. The molecule has 0 aliphatic heterocycles. The van der Waals surface area contributed by atoms with Crippen molar-refractivity contribution in [3.8, 4) is 0 Å². The molecule has 1 aromatic carbocycles. The standard InChI is InChI=1S/C15H19N3O2S/c1-10-8-14(16)12(3)15(11(10)2)21(19,20)18-9-13-4-6-17-7-5-13/h4-8,18H,9,16H2,1-3H3. The fourth-order valence-corrected chi connectivity index (χ4v) is 3.78. The van der Waals surface area contributed by atoms with Crippen LogP contribution in [0, 0.1) is 20.8 Å². The van der Waals surface area contributed by atoms with Crippen molar-refractivity contribution in [1.82, 2.24) is 9.71 Å². The molecule has 1 heterocycles. The number of rotatable bonds is 4. The molecule has 0 fully saturated rings. The Morgan fingerprint density at radius 2 is 1.76 bits per heavy atom. The van der Waals surface area contributed by atoms with E-state index in [4.69, 9.17) is 5.73 Å². The number of benzene rings is 1. The lowest BCUT2D eigenvalue weighted by Crippen LogP contribution is -2.25. The SMILES string of the molecule is Cc1cc(N)c(C)c(S(=O)(=O)NCc2ccncc2)c1C. The van der Waals surface area contributed by atoms with Crippen molar-refractivity contribution in [2.45, 2.75) is 32.2 Å². The first-order valence-corrected chi connectivity index (χ1v) is 8.06. The monoisotopic (exact) mass is 305 g/mol. The summed E-state index contributed by atoms with van der Waals surface area (Å²) in [6, 6.07) is 5.34. The predicted molar refractivity (Wildman–Crippen MR) is 83.3 cm³/mol. The summed E-state index contributed by atoms with van der Waals surface area (Å²) in [4.78, 5) is 4.18. The van der Waals surface area contributed by atoms with Crippen LogP contribution in [-0.2, 0) is 16.6 Å². The maximum atomic E-state index is 12.6. The van der Waals surface area contributed by atoms with Gasteiger partial charge in [0.1, 0.15) is 0 Å². The van der Waals surface area contributed by atoms with E-state index >= 15 is 0 Å². The Balaban J connectivity index is 2.37. The molecule has 0 aliphatic carbocycles. The minimum atomic E-state index is -3.62. The molecule has 0 unspecified atom stereocenters. The second kappa shape index (κ2) is 5.83. The third kappa shape index (κ3) is 3.22. The minimum Gasteiger partial charge on any atom is -0.398 e. The van der Waals surface area contributed by atoms with Gasteiger partial charge in [-0.3, -0.25) is 4.98 Å². The Hall–Kier alpha value is -1.92. The Morgan fingerprint density at radius 1 is 1.14 bits per heavy atom. The molecule has 0 bridgehead atoms. The summed E-state index contributed by atoms with van der Waals surface area (Å²) in [7, 11) is -3.62. The molecule has 0 saturated carbocycles. The molecule has 0 radical (unpaired) electrons. The van der Waals surface area contributed by atoms with Gasteiger partial charge in [0.05, 0.1) is 4.90 Å². The van der Waals surface area contributed by atoms with Gasteiger partial charge in [-0.05, 0) is 61.2 Å². The Morgan fingerprint density at radius 3 is 2.38 bits per heavy atom. The number of anilines is 1. The minimum absolute atomic E-state index is 0.220. The second-order valence-electron chi connectivity index (χ2n) is 5.04. The van der Waals surface area contributed by atoms with Gasteiger partial charge in [0.15, 0.2) is 0 Å². The van der Waals surface area contributed by atoms with Gasteiger partial charge in [0.25, 0.3) is 0 Å². The molecule has 21 heavy (non-hydrogen) atoms. The number of nitrogens with two attached hydrogens (primary N) is 1. The maximum Gasteiger partial charge on any atom is 0.241 e. The first-order valence-electron chi connectivity index (χ1n) is 6.58. The second-order valence-corrected chi connectivity index (χ2v) is 6.75. The average Bonchev–Trinajstić information content (AvgIpc) is 2.44. The predicted octanol–water partition coefficient (Wildman–Crippen LogP) is 2.07. The van der Waals surface area contributed by atoms with Crippen LogP contribution < -0.4 is 10.5 Å². The largest absolute Gasteiger partial charge is 0.398 e. The van der Waals surface area contributed by atoms with E-state index in [1.165, 1.54) is 0 Å². The van der Waals surface area contributed by atoms with Crippen molar-refractivity contribution in [2.75, 3.05) is 5.73 Å².